The lowest BCUT2D eigenvalue weighted by Gasteiger charge is -2.30. The monoisotopic (exact) mass is 416 g/mol. The van der Waals surface area contributed by atoms with Crippen molar-refractivity contribution in [3.05, 3.63) is 39.0 Å². The minimum Gasteiger partial charge on any atom is -0.444 e. The molecule has 0 unspecified atom stereocenters. The van der Waals surface area contributed by atoms with Crippen molar-refractivity contribution in [1.29, 1.82) is 0 Å². The van der Waals surface area contributed by atoms with E-state index in [1.807, 2.05) is 0 Å². The molecule has 0 saturated heterocycles. The third-order valence-corrected chi connectivity index (χ3v) is 5.03. The molecule has 1 saturated carbocycles. The number of nitrogens with one attached hydrogen (secondary N) is 3. The molecule has 2 aromatic rings. The third kappa shape index (κ3) is 5.08. The topological polar surface area (TPSA) is 122 Å². The zero-order chi connectivity index (χ0) is 22.1. The number of amides is 2. The summed E-state index contributed by atoms with van der Waals surface area (Å²) in [6, 6.07) is 4.50. The van der Waals surface area contributed by atoms with E-state index in [9.17, 15) is 19.2 Å². The highest BCUT2D eigenvalue weighted by Crippen LogP contribution is 2.27. The van der Waals surface area contributed by atoms with Gasteiger partial charge in [0.25, 0.3) is 5.56 Å². The Morgan fingerprint density at radius 1 is 1.13 bits per heavy atom. The Balaban J connectivity index is 1.77. The molecule has 1 aromatic carbocycles. The molecule has 3 N–H and O–H groups in total. The van der Waals surface area contributed by atoms with Gasteiger partial charge in [0, 0.05) is 24.7 Å². The molecular formula is C21H28N4O5. The maximum atomic E-state index is 13.0. The SMILES string of the molecule is CC(=O)Nc1ccc2[nH]c(=O)n(C3CCC(NC(=O)OC(C)(C)C)CC3)c(=O)c2c1. The molecule has 30 heavy (non-hydrogen) atoms. The maximum absolute atomic E-state index is 13.0. The average Bonchev–Trinajstić information content (AvgIpc) is 2.61. The number of benzene rings is 1. The van der Waals surface area contributed by atoms with Crippen LogP contribution in [-0.2, 0) is 9.53 Å². The summed E-state index contributed by atoms with van der Waals surface area (Å²) in [7, 11) is 0. The summed E-state index contributed by atoms with van der Waals surface area (Å²) >= 11 is 0. The Hall–Kier alpha value is -3.10. The molecule has 0 radical (unpaired) electrons. The fraction of sp³-hybridized carbons (Fsp3) is 0.524. The lowest BCUT2D eigenvalue weighted by atomic mass is 9.91. The van der Waals surface area contributed by atoms with Gasteiger partial charge in [0.05, 0.1) is 10.9 Å². The van der Waals surface area contributed by atoms with E-state index in [0.29, 0.717) is 42.3 Å². The van der Waals surface area contributed by atoms with Crippen LogP contribution in [0.25, 0.3) is 10.9 Å². The van der Waals surface area contributed by atoms with Crippen LogP contribution in [0, 0.1) is 0 Å². The number of alkyl carbamates (subject to hydrolysis) is 1. The van der Waals surface area contributed by atoms with E-state index in [0.717, 1.165) is 0 Å². The van der Waals surface area contributed by atoms with Crippen LogP contribution in [0.2, 0.25) is 0 Å². The second-order valence-electron chi connectivity index (χ2n) is 8.70. The van der Waals surface area contributed by atoms with Gasteiger partial charge in [-0.05, 0) is 64.7 Å². The molecule has 0 atom stereocenters. The van der Waals surface area contributed by atoms with Crippen LogP contribution in [-0.4, -0.2) is 33.2 Å². The Bertz CT molecular complexity index is 1070. The van der Waals surface area contributed by atoms with E-state index in [1.165, 1.54) is 11.5 Å². The van der Waals surface area contributed by atoms with E-state index >= 15 is 0 Å². The molecule has 0 bridgehead atoms. The Kier molecular flexibility index (Phi) is 6.00. The first-order valence-corrected chi connectivity index (χ1v) is 10.1. The number of anilines is 1. The Morgan fingerprint density at radius 3 is 2.40 bits per heavy atom. The molecule has 0 spiro atoms. The second kappa shape index (κ2) is 8.33. The molecule has 3 rings (SSSR count). The van der Waals surface area contributed by atoms with Gasteiger partial charge in [-0.25, -0.2) is 9.59 Å². The molecule has 9 heteroatoms. The van der Waals surface area contributed by atoms with Crippen molar-refractivity contribution in [1.82, 2.24) is 14.9 Å². The Labute approximate surface area is 173 Å². The molecule has 1 aliphatic rings. The number of aromatic amines is 1. The van der Waals surface area contributed by atoms with Crippen LogP contribution in [0.5, 0.6) is 0 Å². The van der Waals surface area contributed by atoms with E-state index in [1.54, 1.807) is 39.0 Å². The standard InChI is InChI=1S/C21H28N4O5/c1-12(26)22-14-7-10-17-16(11-14)18(27)25(19(28)24-17)15-8-5-13(6-9-15)23-20(29)30-21(2,3)4/h7,10-11,13,15H,5-6,8-9H2,1-4H3,(H,22,26)(H,23,29)(H,24,28). The molecule has 1 aromatic heterocycles. The van der Waals surface area contributed by atoms with E-state index in [4.69, 9.17) is 4.74 Å². The van der Waals surface area contributed by atoms with E-state index in [-0.39, 0.29) is 23.6 Å². The molecule has 0 aliphatic heterocycles. The summed E-state index contributed by atoms with van der Waals surface area (Å²) < 4.78 is 6.54. The van der Waals surface area contributed by atoms with Crippen molar-refractivity contribution in [2.24, 2.45) is 0 Å². The van der Waals surface area contributed by atoms with Crippen molar-refractivity contribution < 1.29 is 14.3 Å². The summed E-state index contributed by atoms with van der Waals surface area (Å²) in [5, 5.41) is 5.85. The first-order chi connectivity index (χ1) is 14.0. The van der Waals surface area contributed by atoms with Crippen LogP contribution in [0.4, 0.5) is 10.5 Å². The first-order valence-electron chi connectivity index (χ1n) is 10.1. The maximum Gasteiger partial charge on any atom is 0.407 e. The number of rotatable bonds is 3. The van der Waals surface area contributed by atoms with Gasteiger partial charge >= 0.3 is 11.8 Å². The van der Waals surface area contributed by atoms with Crippen molar-refractivity contribution in [3.63, 3.8) is 0 Å². The number of fused-ring (bicyclic) bond motifs is 1. The largest absolute Gasteiger partial charge is 0.444 e. The summed E-state index contributed by atoms with van der Waals surface area (Å²) in [5.74, 6) is -0.241. The van der Waals surface area contributed by atoms with Crippen LogP contribution < -0.4 is 21.9 Å². The zero-order valence-electron chi connectivity index (χ0n) is 17.7. The second-order valence-corrected chi connectivity index (χ2v) is 8.70. The number of carbonyl (C=O) groups is 2. The highest BCUT2D eigenvalue weighted by molar-refractivity contribution is 5.91. The number of hydrogen-bond acceptors (Lipinski definition) is 5. The van der Waals surface area contributed by atoms with Crippen LogP contribution in [0.15, 0.2) is 27.8 Å². The first kappa shape index (κ1) is 21.6. The predicted octanol–water partition coefficient (Wildman–Crippen LogP) is 2.66. The van der Waals surface area contributed by atoms with Crippen molar-refractivity contribution in [2.45, 2.75) is 71.1 Å². The number of hydrogen-bond donors (Lipinski definition) is 3. The van der Waals surface area contributed by atoms with Gasteiger partial charge in [-0.3, -0.25) is 14.2 Å². The molecule has 162 valence electrons. The van der Waals surface area contributed by atoms with E-state index < -0.39 is 17.4 Å². The van der Waals surface area contributed by atoms with Gasteiger partial charge in [0.2, 0.25) is 5.91 Å². The summed E-state index contributed by atoms with van der Waals surface area (Å²) in [4.78, 5) is 51.6. The zero-order valence-corrected chi connectivity index (χ0v) is 17.7. The number of aromatic nitrogens is 2. The number of ether oxygens (including phenoxy) is 1. The van der Waals surface area contributed by atoms with Crippen LogP contribution in [0.3, 0.4) is 0 Å². The minimum atomic E-state index is -0.566. The minimum absolute atomic E-state index is 0.0577. The third-order valence-electron chi connectivity index (χ3n) is 5.03. The van der Waals surface area contributed by atoms with Crippen LogP contribution >= 0.6 is 0 Å². The molecule has 1 aliphatic carbocycles. The highest BCUT2D eigenvalue weighted by atomic mass is 16.6. The molecular weight excluding hydrogens is 388 g/mol. The van der Waals surface area contributed by atoms with Crippen LogP contribution in [0.1, 0.15) is 59.4 Å². The summed E-state index contributed by atoms with van der Waals surface area (Å²) in [5.41, 5.74) is -0.484. The smallest absolute Gasteiger partial charge is 0.407 e. The predicted molar refractivity (Wildman–Crippen MR) is 114 cm³/mol. The number of nitrogens with zero attached hydrogens (tertiary/aromatic N) is 1. The van der Waals surface area contributed by atoms with Crippen molar-refractivity contribution in [3.8, 4) is 0 Å². The normalized spacial score (nSPS) is 19.3. The quantitative estimate of drug-likeness (QED) is 0.710. The Morgan fingerprint density at radius 2 is 1.80 bits per heavy atom. The average molecular weight is 416 g/mol. The molecule has 9 nitrogen and oxygen atoms in total. The molecule has 1 heterocycles. The molecule has 1 fully saturated rings. The van der Waals surface area contributed by atoms with Gasteiger partial charge < -0.3 is 20.4 Å². The van der Waals surface area contributed by atoms with Gasteiger partial charge in [-0.1, -0.05) is 0 Å². The van der Waals surface area contributed by atoms with Crippen molar-refractivity contribution >= 4 is 28.6 Å². The lowest BCUT2D eigenvalue weighted by Crippen LogP contribution is -2.44. The van der Waals surface area contributed by atoms with Gasteiger partial charge in [-0.2, -0.15) is 0 Å². The van der Waals surface area contributed by atoms with Gasteiger partial charge in [0.1, 0.15) is 5.60 Å². The van der Waals surface area contributed by atoms with Gasteiger partial charge in [0.15, 0.2) is 0 Å². The highest BCUT2D eigenvalue weighted by Gasteiger charge is 2.27. The fourth-order valence-electron chi connectivity index (χ4n) is 3.79. The summed E-state index contributed by atoms with van der Waals surface area (Å²) in [6.07, 6.45) is 1.98. The lowest BCUT2D eigenvalue weighted by molar-refractivity contribution is -0.114. The fourth-order valence-corrected chi connectivity index (χ4v) is 3.79. The van der Waals surface area contributed by atoms with E-state index in [2.05, 4.69) is 15.6 Å². The summed E-state index contributed by atoms with van der Waals surface area (Å²) in [6.45, 7) is 6.80. The molecule has 2 amide bonds. The van der Waals surface area contributed by atoms with Gasteiger partial charge in [-0.15, -0.1) is 0 Å². The number of H-pyrrole nitrogens is 1. The number of carbonyl (C=O) groups excluding carboxylic acids is 2. The van der Waals surface area contributed by atoms with Crippen molar-refractivity contribution in [2.75, 3.05) is 5.32 Å².